The average molecular weight is 399 g/mol. The van der Waals surface area contributed by atoms with Gasteiger partial charge in [0, 0.05) is 16.9 Å². The molecule has 2 fully saturated rings. The summed E-state index contributed by atoms with van der Waals surface area (Å²) in [6.07, 6.45) is 1.41. The van der Waals surface area contributed by atoms with E-state index in [4.69, 9.17) is 0 Å². The van der Waals surface area contributed by atoms with Crippen LogP contribution in [0.3, 0.4) is 0 Å². The van der Waals surface area contributed by atoms with Gasteiger partial charge in [0.1, 0.15) is 5.82 Å². The number of aliphatic imine (C=N–C) groups is 1. The minimum Gasteiger partial charge on any atom is -0.315 e. The lowest BCUT2D eigenvalue weighted by atomic mass is 10.0. The topological polar surface area (TPSA) is 66.8 Å². The molecule has 0 N–H and O–H groups in total. The molecule has 2 atom stereocenters. The molecule has 0 saturated carbocycles. The van der Waals surface area contributed by atoms with Gasteiger partial charge in [0.2, 0.25) is 0 Å². The number of anilines is 1. The predicted octanol–water partition coefficient (Wildman–Crippen LogP) is 3.17. The van der Waals surface area contributed by atoms with Crippen LogP contribution in [-0.4, -0.2) is 42.3 Å². The van der Waals surface area contributed by atoms with E-state index in [0.29, 0.717) is 29.3 Å². The fourth-order valence-corrected chi connectivity index (χ4v) is 7.34. The molecule has 142 valence electrons. The third kappa shape index (κ3) is 3.67. The van der Waals surface area contributed by atoms with Gasteiger partial charge < -0.3 is 4.90 Å². The molecule has 2 aliphatic rings. The Morgan fingerprint density at radius 1 is 1.35 bits per heavy atom. The highest BCUT2D eigenvalue weighted by molar-refractivity contribution is 8.16. The Hall–Kier alpha value is -1.41. The number of amides is 1. The zero-order valence-electron chi connectivity index (χ0n) is 15.1. The molecular weight excluding hydrogens is 375 g/mol. The van der Waals surface area contributed by atoms with Crippen molar-refractivity contribution in [3.63, 3.8) is 0 Å². The quantitative estimate of drug-likeness (QED) is 0.779. The molecule has 1 aromatic carbocycles. The van der Waals surface area contributed by atoms with Gasteiger partial charge in [-0.25, -0.2) is 12.8 Å². The van der Waals surface area contributed by atoms with Gasteiger partial charge in [-0.15, -0.1) is 0 Å². The minimum atomic E-state index is -3.14. The molecule has 2 aliphatic heterocycles. The third-order valence-corrected chi connectivity index (χ3v) is 8.25. The number of carbonyl (C=O) groups excluding carboxylic acids is 1. The molecule has 1 aromatic rings. The lowest BCUT2D eigenvalue weighted by Gasteiger charge is -2.25. The number of rotatable bonds is 4. The molecule has 8 heteroatoms. The van der Waals surface area contributed by atoms with Crippen LogP contribution in [0.25, 0.3) is 0 Å². The summed E-state index contributed by atoms with van der Waals surface area (Å²) >= 11 is 1.32. The molecule has 2 unspecified atom stereocenters. The first-order valence-electron chi connectivity index (χ1n) is 8.80. The van der Waals surface area contributed by atoms with E-state index in [2.05, 4.69) is 4.99 Å². The largest absolute Gasteiger partial charge is 0.315 e. The number of hydrogen-bond acceptors (Lipinski definition) is 4. The van der Waals surface area contributed by atoms with E-state index in [-0.39, 0.29) is 40.4 Å². The second kappa shape index (κ2) is 7.31. The van der Waals surface area contributed by atoms with Crippen LogP contribution in [0.4, 0.5) is 10.1 Å². The second-order valence-corrected chi connectivity index (χ2v) is 10.2. The van der Waals surface area contributed by atoms with Crippen LogP contribution >= 0.6 is 11.8 Å². The molecule has 2 saturated heterocycles. The Labute approximate surface area is 158 Å². The normalized spacial score (nSPS) is 25.9. The van der Waals surface area contributed by atoms with E-state index >= 15 is 0 Å². The summed E-state index contributed by atoms with van der Waals surface area (Å²) in [7, 11) is -3.14. The van der Waals surface area contributed by atoms with Gasteiger partial charge in [0.25, 0.3) is 5.91 Å². The second-order valence-electron chi connectivity index (χ2n) is 6.85. The number of benzene rings is 1. The molecule has 3 rings (SSSR count). The van der Waals surface area contributed by atoms with Crippen molar-refractivity contribution in [3.8, 4) is 0 Å². The van der Waals surface area contributed by atoms with Gasteiger partial charge >= 0.3 is 0 Å². The molecule has 0 aliphatic carbocycles. The molecule has 1 amide bonds. The summed E-state index contributed by atoms with van der Waals surface area (Å²) in [5.41, 5.74) is 1.06. The van der Waals surface area contributed by atoms with Crippen molar-refractivity contribution < 1.29 is 17.6 Å². The number of aryl methyl sites for hydroxylation is 1. The van der Waals surface area contributed by atoms with Gasteiger partial charge in [0.15, 0.2) is 15.0 Å². The molecule has 0 aromatic heterocycles. The third-order valence-electron chi connectivity index (χ3n) is 5.04. The molecular formula is C18H23FN2O3S2. The van der Waals surface area contributed by atoms with Gasteiger partial charge in [-0.1, -0.05) is 31.7 Å². The van der Waals surface area contributed by atoms with Crippen LogP contribution in [-0.2, 0) is 14.6 Å². The van der Waals surface area contributed by atoms with E-state index < -0.39 is 9.84 Å². The van der Waals surface area contributed by atoms with Crippen LogP contribution in [0.5, 0.6) is 0 Å². The van der Waals surface area contributed by atoms with Crippen LogP contribution in [0.15, 0.2) is 23.2 Å². The maximum absolute atomic E-state index is 14.1. The predicted molar refractivity (Wildman–Crippen MR) is 104 cm³/mol. The van der Waals surface area contributed by atoms with Gasteiger partial charge in [-0.2, -0.15) is 4.99 Å². The number of thioether (sulfide) groups is 1. The Morgan fingerprint density at radius 3 is 2.65 bits per heavy atom. The van der Waals surface area contributed by atoms with E-state index in [0.717, 1.165) is 0 Å². The zero-order valence-corrected chi connectivity index (χ0v) is 16.7. The van der Waals surface area contributed by atoms with Crippen molar-refractivity contribution in [2.24, 2.45) is 10.9 Å². The lowest BCUT2D eigenvalue weighted by molar-refractivity contribution is -0.121. The lowest BCUT2D eigenvalue weighted by Crippen LogP contribution is -2.38. The summed E-state index contributed by atoms with van der Waals surface area (Å²) < 4.78 is 38.2. The summed E-state index contributed by atoms with van der Waals surface area (Å²) in [5.74, 6) is -0.645. The highest BCUT2D eigenvalue weighted by Crippen LogP contribution is 2.41. The fourth-order valence-electron chi connectivity index (χ4n) is 3.42. The zero-order chi connectivity index (χ0) is 19.1. The number of fused-ring (bicyclic) bond motifs is 1. The number of sulfone groups is 1. The summed E-state index contributed by atoms with van der Waals surface area (Å²) in [6, 6.07) is 4.48. The van der Waals surface area contributed by atoms with Crippen LogP contribution in [0, 0.1) is 18.7 Å². The van der Waals surface area contributed by atoms with Crippen molar-refractivity contribution in [1.29, 1.82) is 0 Å². The van der Waals surface area contributed by atoms with E-state index in [1.165, 1.54) is 17.8 Å². The maximum atomic E-state index is 14.1. The van der Waals surface area contributed by atoms with Crippen LogP contribution < -0.4 is 4.90 Å². The summed E-state index contributed by atoms with van der Waals surface area (Å²) in [6.45, 7) is 5.57. The Bertz CT molecular complexity index is 850. The fraction of sp³-hybridized carbons (Fsp3) is 0.556. The summed E-state index contributed by atoms with van der Waals surface area (Å²) in [5, 5.41) is 0.299. The van der Waals surface area contributed by atoms with Crippen molar-refractivity contribution in [1.82, 2.24) is 0 Å². The standard InChI is InChI=1S/C18H23FN2O3S2/c1-4-12(5-2)17(22)20-18-21(13-7-6-11(3)14(19)8-13)15-9-26(23,24)10-16(15)25-18/h6-8,12,15-16H,4-5,9-10H2,1-3H3. The van der Waals surface area contributed by atoms with Crippen molar-refractivity contribution in [3.05, 3.63) is 29.6 Å². The van der Waals surface area contributed by atoms with E-state index in [1.807, 2.05) is 13.8 Å². The van der Waals surface area contributed by atoms with E-state index in [1.54, 1.807) is 24.0 Å². The molecule has 0 spiro atoms. The SMILES string of the molecule is CCC(CC)C(=O)N=C1SC2CS(=O)(=O)CC2N1c1ccc(C)c(F)c1. The maximum Gasteiger partial charge on any atom is 0.251 e. The highest BCUT2D eigenvalue weighted by atomic mass is 32.2. The number of hydrogen-bond donors (Lipinski definition) is 0. The van der Waals surface area contributed by atoms with Crippen molar-refractivity contribution in [2.75, 3.05) is 16.4 Å². The number of amidine groups is 1. The highest BCUT2D eigenvalue weighted by Gasteiger charge is 2.49. The van der Waals surface area contributed by atoms with Crippen LogP contribution in [0.2, 0.25) is 0 Å². The molecule has 5 nitrogen and oxygen atoms in total. The molecule has 0 bridgehead atoms. The van der Waals surface area contributed by atoms with Crippen LogP contribution in [0.1, 0.15) is 32.3 Å². The van der Waals surface area contributed by atoms with Gasteiger partial charge in [-0.3, -0.25) is 4.79 Å². The Morgan fingerprint density at radius 2 is 2.04 bits per heavy atom. The monoisotopic (exact) mass is 398 g/mol. The first-order chi connectivity index (χ1) is 12.3. The smallest absolute Gasteiger partial charge is 0.251 e. The van der Waals surface area contributed by atoms with Crippen molar-refractivity contribution >= 4 is 38.4 Å². The molecule has 0 radical (unpaired) electrons. The van der Waals surface area contributed by atoms with Crippen molar-refractivity contribution in [2.45, 2.75) is 44.9 Å². The first kappa shape index (κ1) is 19.4. The Balaban J connectivity index is 2.01. The van der Waals surface area contributed by atoms with Gasteiger partial charge in [-0.05, 0) is 37.5 Å². The minimum absolute atomic E-state index is 0.00163. The average Bonchev–Trinajstić information content (AvgIpc) is 3.02. The molecule has 26 heavy (non-hydrogen) atoms. The first-order valence-corrected chi connectivity index (χ1v) is 11.5. The number of halogens is 1. The Kier molecular flexibility index (Phi) is 5.44. The number of nitrogens with zero attached hydrogens (tertiary/aromatic N) is 2. The van der Waals surface area contributed by atoms with Gasteiger partial charge in [0.05, 0.1) is 17.5 Å². The molecule has 2 heterocycles. The van der Waals surface area contributed by atoms with E-state index in [9.17, 15) is 17.6 Å². The number of carbonyl (C=O) groups is 1. The summed E-state index contributed by atoms with van der Waals surface area (Å²) in [4.78, 5) is 18.5.